The first-order valence-electron chi connectivity index (χ1n) is 3.50. The first-order chi connectivity index (χ1) is 5.52. The van der Waals surface area contributed by atoms with Gasteiger partial charge in [0.1, 0.15) is 5.82 Å². The topological polar surface area (TPSA) is 0 Å². The molecular formula is C9H8F3. The third kappa shape index (κ3) is 1.60. The summed E-state index contributed by atoms with van der Waals surface area (Å²) in [6.07, 6.45) is 0. The second-order valence-electron chi connectivity index (χ2n) is 2.69. The first-order valence-corrected chi connectivity index (χ1v) is 3.50. The van der Waals surface area contributed by atoms with Crippen molar-refractivity contribution in [3.05, 3.63) is 42.1 Å². The molecule has 65 valence electrons. The van der Waals surface area contributed by atoms with Gasteiger partial charge in [-0.1, -0.05) is 6.92 Å². The molecule has 0 saturated heterocycles. The Kier molecular flexibility index (Phi) is 2.40. The summed E-state index contributed by atoms with van der Waals surface area (Å²) in [4.78, 5) is 0. The summed E-state index contributed by atoms with van der Waals surface area (Å²) >= 11 is 0. The SMILES string of the molecule is [CH2]C(C)c1cc(F)c(F)cc1F. The maximum absolute atomic E-state index is 12.8. The van der Waals surface area contributed by atoms with Gasteiger partial charge in [0.2, 0.25) is 0 Å². The molecule has 0 spiro atoms. The van der Waals surface area contributed by atoms with Gasteiger partial charge in [-0.2, -0.15) is 0 Å². The van der Waals surface area contributed by atoms with Gasteiger partial charge >= 0.3 is 0 Å². The van der Waals surface area contributed by atoms with Gasteiger partial charge in [-0.15, -0.1) is 0 Å². The van der Waals surface area contributed by atoms with Crippen molar-refractivity contribution in [1.29, 1.82) is 0 Å². The fourth-order valence-corrected chi connectivity index (χ4v) is 0.916. The van der Waals surface area contributed by atoms with E-state index in [1.807, 2.05) is 0 Å². The van der Waals surface area contributed by atoms with Crippen molar-refractivity contribution in [2.45, 2.75) is 12.8 Å². The third-order valence-corrected chi connectivity index (χ3v) is 1.57. The van der Waals surface area contributed by atoms with Gasteiger partial charge in [-0.05, 0) is 24.5 Å². The maximum atomic E-state index is 12.8. The highest BCUT2D eigenvalue weighted by atomic mass is 19.2. The van der Waals surface area contributed by atoms with E-state index in [4.69, 9.17) is 0 Å². The van der Waals surface area contributed by atoms with E-state index in [2.05, 4.69) is 6.92 Å². The third-order valence-electron chi connectivity index (χ3n) is 1.57. The number of halogens is 3. The summed E-state index contributed by atoms with van der Waals surface area (Å²) in [6, 6.07) is 1.37. The molecule has 0 aliphatic heterocycles. The second-order valence-corrected chi connectivity index (χ2v) is 2.69. The fraction of sp³-hybridized carbons (Fsp3) is 0.222. The van der Waals surface area contributed by atoms with Crippen LogP contribution in [-0.2, 0) is 0 Å². The monoisotopic (exact) mass is 173 g/mol. The zero-order valence-electron chi connectivity index (χ0n) is 6.57. The van der Waals surface area contributed by atoms with Gasteiger partial charge in [0.15, 0.2) is 11.6 Å². The minimum absolute atomic E-state index is 0.0916. The summed E-state index contributed by atoms with van der Waals surface area (Å²) in [6.45, 7) is 5.12. The van der Waals surface area contributed by atoms with Crippen molar-refractivity contribution < 1.29 is 13.2 Å². The zero-order chi connectivity index (χ0) is 9.30. The molecule has 1 radical (unpaired) electrons. The van der Waals surface area contributed by atoms with Crippen molar-refractivity contribution in [3.63, 3.8) is 0 Å². The molecule has 0 heterocycles. The Morgan fingerprint density at radius 2 is 1.58 bits per heavy atom. The molecular weight excluding hydrogens is 165 g/mol. The van der Waals surface area contributed by atoms with Crippen molar-refractivity contribution in [1.82, 2.24) is 0 Å². The van der Waals surface area contributed by atoms with Crippen LogP contribution in [0, 0.1) is 24.4 Å². The number of hydrogen-bond donors (Lipinski definition) is 0. The molecule has 1 atom stereocenters. The normalized spacial score (nSPS) is 10.8. The van der Waals surface area contributed by atoms with Crippen LogP contribution in [0.15, 0.2) is 12.1 Å². The van der Waals surface area contributed by atoms with Gasteiger partial charge in [-0.3, -0.25) is 0 Å². The summed E-state index contributed by atoms with van der Waals surface area (Å²) in [5.74, 6) is -3.35. The van der Waals surface area contributed by atoms with Gasteiger partial charge in [-0.25, -0.2) is 13.2 Å². The van der Waals surface area contributed by atoms with Crippen molar-refractivity contribution in [2.24, 2.45) is 0 Å². The van der Waals surface area contributed by atoms with Crippen molar-refractivity contribution in [3.8, 4) is 0 Å². The Bertz CT molecular complexity index is 292. The van der Waals surface area contributed by atoms with Gasteiger partial charge in [0, 0.05) is 6.07 Å². The van der Waals surface area contributed by atoms with E-state index in [-0.39, 0.29) is 11.5 Å². The van der Waals surface area contributed by atoms with E-state index in [0.717, 1.165) is 6.07 Å². The van der Waals surface area contributed by atoms with E-state index in [0.29, 0.717) is 6.07 Å². The Labute approximate surface area is 69.0 Å². The molecule has 0 aliphatic carbocycles. The van der Waals surface area contributed by atoms with E-state index < -0.39 is 17.5 Å². The lowest BCUT2D eigenvalue weighted by Gasteiger charge is -2.06. The van der Waals surface area contributed by atoms with Crippen LogP contribution in [-0.4, -0.2) is 0 Å². The van der Waals surface area contributed by atoms with Crippen LogP contribution in [0.1, 0.15) is 18.4 Å². The van der Waals surface area contributed by atoms with Crippen LogP contribution in [0.2, 0.25) is 0 Å². The molecule has 1 unspecified atom stereocenters. The van der Waals surface area contributed by atoms with Gasteiger partial charge in [0.05, 0.1) is 0 Å². The lowest BCUT2D eigenvalue weighted by molar-refractivity contribution is 0.489. The van der Waals surface area contributed by atoms with Gasteiger partial charge in [0.25, 0.3) is 0 Å². The van der Waals surface area contributed by atoms with Crippen LogP contribution < -0.4 is 0 Å². The number of rotatable bonds is 1. The highest BCUT2D eigenvalue weighted by Crippen LogP contribution is 2.20. The quantitative estimate of drug-likeness (QED) is 0.572. The molecule has 0 aromatic heterocycles. The van der Waals surface area contributed by atoms with Crippen LogP contribution in [0.3, 0.4) is 0 Å². The predicted molar refractivity (Wildman–Crippen MR) is 40.1 cm³/mol. The Balaban J connectivity index is 3.23. The standard InChI is InChI=1S/C9H8F3/c1-5(2)6-3-8(11)9(12)4-7(6)10/h3-5H,1H2,2H3. The Hall–Kier alpha value is -0.990. The lowest BCUT2D eigenvalue weighted by Crippen LogP contribution is -1.97. The van der Waals surface area contributed by atoms with Crippen LogP contribution in [0.5, 0.6) is 0 Å². The highest BCUT2D eigenvalue weighted by molar-refractivity contribution is 5.23. The average molecular weight is 173 g/mol. The maximum Gasteiger partial charge on any atom is 0.161 e. The van der Waals surface area contributed by atoms with Gasteiger partial charge < -0.3 is 0 Å². The van der Waals surface area contributed by atoms with E-state index in [1.165, 1.54) is 0 Å². The molecule has 0 amide bonds. The second kappa shape index (κ2) is 3.17. The van der Waals surface area contributed by atoms with Crippen molar-refractivity contribution >= 4 is 0 Å². The van der Waals surface area contributed by atoms with Crippen LogP contribution >= 0.6 is 0 Å². The van der Waals surface area contributed by atoms with Crippen LogP contribution in [0.25, 0.3) is 0 Å². The summed E-state index contributed by atoms with van der Waals surface area (Å²) in [7, 11) is 0. The van der Waals surface area contributed by atoms with E-state index in [1.54, 1.807) is 6.92 Å². The summed E-state index contributed by atoms with van der Waals surface area (Å²) < 4.78 is 37.8. The zero-order valence-corrected chi connectivity index (χ0v) is 6.57. The number of hydrogen-bond acceptors (Lipinski definition) is 0. The average Bonchev–Trinajstić information content (AvgIpc) is 1.96. The molecule has 3 heteroatoms. The lowest BCUT2D eigenvalue weighted by atomic mass is 10.0. The fourth-order valence-electron chi connectivity index (χ4n) is 0.916. The summed E-state index contributed by atoms with van der Waals surface area (Å²) in [5, 5.41) is 0. The largest absolute Gasteiger partial charge is 0.207 e. The van der Waals surface area contributed by atoms with E-state index in [9.17, 15) is 13.2 Å². The Morgan fingerprint density at radius 1 is 1.08 bits per heavy atom. The van der Waals surface area contributed by atoms with E-state index >= 15 is 0 Å². The molecule has 1 aromatic rings. The molecule has 0 bridgehead atoms. The predicted octanol–water partition coefficient (Wildman–Crippen LogP) is 3.04. The molecule has 0 aliphatic rings. The number of benzene rings is 1. The minimum atomic E-state index is -1.17. The molecule has 0 saturated carbocycles. The smallest absolute Gasteiger partial charge is 0.161 e. The molecule has 1 aromatic carbocycles. The summed E-state index contributed by atoms with van der Waals surface area (Å²) in [5.41, 5.74) is 0.0916. The molecule has 0 N–H and O–H groups in total. The Morgan fingerprint density at radius 3 is 2.08 bits per heavy atom. The molecule has 0 fully saturated rings. The molecule has 12 heavy (non-hydrogen) atoms. The molecule has 1 rings (SSSR count). The highest BCUT2D eigenvalue weighted by Gasteiger charge is 2.11. The minimum Gasteiger partial charge on any atom is -0.207 e. The first kappa shape index (κ1) is 9.10. The van der Waals surface area contributed by atoms with Crippen LogP contribution in [0.4, 0.5) is 13.2 Å². The molecule has 0 nitrogen and oxygen atoms in total. The van der Waals surface area contributed by atoms with Crippen molar-refractivity contribution in [2.75, 3.05) is 0 Å².